The Morgan fingerprint density at radius 3 is 2.92 bits per heavy atom. The maximum absolute atomic E-state index is 11.9. The zero-order valence-corrected chi connectivity index (χ0v) is 15.0. The van der Waals surface area contributed by atoms with E-state index in [0.717, 1.165) is 51.3 Å². The van der Waals surface area contributed by atoms with Gasteiger partial charge in [0.1, 0.15) is 0 Å². The van der Waals surface area contributed by atoms with Gasteiger partial charge >= 0.3 is 0 Å². The Kier molecular flexibility index (Phi) is 3.82. The molecule has 0 N–H and O–H groups in total. The van der Waals surface area contributed by atoms with Gasteiger partial charge in [-0.15, -0.1) is 0 Å². The van der Waals surface area contributed by atoms with Crippen molar-refractivity contribution in [2.45, 2.75) is 31.4 Å². The van der Waals surface area contributed by atoms with E-state index in [2.05, 4.69) is 15.1 Å². The van der Waals surface area contributed by atoms with Crippen molar-refractivity contribution < 1.29 is 9.53 Å². The van der Waals surface area contributed by atoms with Gasteiger partial charge in [-0.2, -0.15) is 10.2 Å². The van der Waals surface area contributed by atoms with Crippen molar-refractivity contribution in [2.75, 3.05) is 37.7 Å². The molecule has 0 radical (unpaired) electrons. The number of hydrogen-bond acceptors (Lipinski definition) is 5. The Hall–Kier alpha value is -2.19. The molecule has 2 saturated heterocycles. The van der Waals surface area contributed by atoms with E-state index in [9.17, 15) is 4.79 Å². The quantitative estimate of drug-likeness (QED) is 0.815. The first kappa shape index (κ1) is 16.0. The van der Waals surface area contributed by atoms with Crippen LogP contribution in [0, 0.1) is 0 Å². The zero-order valence-electron chi connectivity index (χ0n) is 15.0. The van der Waals surface area contributed by atoms with E-state index < -0.39 is 0 Å². The lowest BCUT2D eigenvalue weighted by atomic mass is 10.0. The third-order valence-corrected chi connectivity index (χ3v) is 5.81. The summed E-state index contributed by atoms with van der Waals surface area (Å²) in [5, 5.41) is 8.87. The average Bonchev–Trinajstić information content (AvgIpc) is 3.31. The largest absolute Gasteiger partial charge is 0.372 e. The summed E-state index contributed by atoms with van der Waals surface area (Å²) in [7, 11) is 2.00. The van der Waals surface area contributed by atoms with E-state index in [-0.39, 0.29) is 12.0 Å². The average molecular weight is 356 g/mol. The van der Waals surface area contributed by atoms with Crippen molar-refractivity contribution in [3.05, 3.63) is 29.8 Å². The van der Waals surface area contributed by atoms with Crippen LogP contribution in [-0.2, 0) is 23.0 Å². The molecule has 2 aromatic heterocycles. The van der Waals surface area contributed by atoms with Crippen molar-refractivity contribution in [2.24, 2.45) is 7.05 Å². The number of hydrogen-bond donors (Lipinski definition) is 0. The van der Waals surface area contributed by atoms with Crippen molar-refractivity contribution in [1.29, 1.82) is 0 Å². The molecule has 0 aromatic carbocycles. The lowest BCUT2D eigenvalue weighted by Crippen LogP contribution is -2.49. The van der Waals surface area contributed by atoms with Crippen LogP contribution in [0.2, 0.25) is 0 Å². The minimum atomic E-state index is 0.115. The van der Waals surface area contributed by atoms with Gasteiger partial charge in [0.25, 0.3) is 0 Å². The second-order valence-corrected chi connectivity index (χ2v) is 7.48. The number of rotatable bonds is 4. The van der Waals surface area contributed by atoms with Gasteiger partial charge in [0.2, 0.25) is 5.91 Å². The Bertz CT molecular complexity index is 822. The molecule has 0 saturated carbocycles. The fourth-order valence-electron chi connectivity index (χ4n) is 4.28. The zero-order chi connectivity index (χ0) is 17.7. The van der Waals surface area contributed by atoms with E-state index in [1.807, 2.05) is 39.9 Å². The SMILES string of the molecule is Cn1ncc2c1CCOC2CN1CC(n2cc(N3CCCC3=O)cn2)C1. The maximum atomic E-state index is 11.9. The topological polar surface area (TPSA) is 68.4 Å². The monoisotopic (exact) mass is 356 g/mol. The highest BCUT2D eigenvalue weighted by Crippen LogP contribution is 2.31. The highest BCUT2D eigenvalue weighted by atomic mass is 16.5. The van der Waals surface area contributed by atoms with E-state index in [0.29, 0.717) is 12.5 Å². The van der Waals surface area contributed by atoms with E-state index in [1.165, 1.54) is 11.3 Å². The molecule has 8 nitrogen and oxygen atoms in total. The molecule has 5 heterocycles. The molecule has 3 aliphatic heterocycles. The summed E-state index contributed by atoms with van der Waals surface area (Å²) in [4.78, 5) is 16.1. The number of aryl methyl sites for hydroxylation is 1. The van der Waals surface area contributed by atoms with Crippen LogP contribution in [0.4, 0.5) is 5.69 Å². The number of nitrogens with zero attached hydrogens (tertiary/aromatic N) is 6. The fraction of sp³-hybridized carbons (Fsp3) is 0.611. The van der Waals surface area contributed by atoms with Crippen molar-refractivity contribution in [1.82, 2.24) is 24.5 Å². The number of anilines is 1. The lowest BCUT2D eigenvalue weighted by molar-refractivity contribution is -0.117. The fourth-order valence-corrected chi connectivity index (χ4v) is 4.28. The van der Waals surface area contributed by atoms with Crippen LogP contribution < -0.4 is 4.90 Å². The highest BCUT2D eigenvalue weighted by Gasteiger charge is 2.34. The molecule has 1 atom stereocenters. The van der Waals surface area contributed by atoms with E-state index >= 15 is 0 Å². The van der Waals surface area contributed by atoms with Gasteiger partial charge in [0.05, 0.1) is 36.8 Å². The summed E-state index contributed by atoms with van der Waals surface area (Å²) in [6.45, 7) is 4.40. The summed E-state index contributed by atoms with van der Waals surface area (Å²) in [5.41, 5.74) is 3.46. The molecular weight excluding hydrogens is 332 g/mol. The van der Waals surface area contributed by atoms with Crippen LogP contribution in [0.3, 0.4) is 0 Å². The molecule has 138 valence electrons. The molecular formula is C18H24N6O2. The molecule has 1 amide bonds. The first-order valence-corrected chi connectivity index (χ1v) is 9.38. The molecule has 0 aliphatic carbocycles. The first-order valence-electron chi connectivity index (χ1n) is 9.38. The number of amides is 1. The number of carbonyl (C=O) groups is 1. The normalized spacial score (nSPS) is 24.1. The molecule has 1 unspecified atom stereocenters. The van der Waals surface area contributed by atoms with Gasteiger partial charge in [0.15, 0.2) is 0 Å². The van der Waals surface area contributed by atoms with Crippen LogP contribution >= 0.6 is 0 Å². The number of fused-ring (bicyclic) bond motifs is 1. The Morgan fingerprint density at radius 1 is 1.23 bits per heavy atom. The minimum Gasteiger partial charge on any atom is -0.372 e. The van der Waals surface area contributed by atoms with Gasteiger partial charge < -0.3 is 9.64 Å². The first-order chi connectivity index (χ1) is 12.7. The second-order valence-electron chi connectivity index (χ2n) is 7.48. The summed E-state index contributed by atoms with van der Waals surface area (Å²) in [6.07, 6.45) is 8.43. The molecule has 5 rings (SSSR count). The van der Waals surface area contributed by atoms with Crippen LogP contribution in [-0.4, -0.2) is 63.2 Å². The molecule has 2 fully saturated rings. The van der Waals surface area contributed by atoms with Gasteiger partial charge in [-0.1, -0.05) is 0 Å². The molecule has 26 heavy (non-hydrogen) atoms. The summed E-state index contributed by atoms with van der Waals surface area (Å²) >= 11 is 0. The van der Waals surface area contributed by atoms with E-state index in [1.54, 1.807) is 0 Å². The standard InChI is InChI=1S/C18H24N6O2/c1-21-16-4-6-26-17(15(16)8-19-21)12-22-9-14(10-22)24-11-13(7-20-24)23-5-2-3-18(23)25/h7-8,11,14,17H,2-6,9-10,12H2,1H3. The Morgan fingerprint density at radius 2 is 2.12 bits per heavy atom. The van der Waals surface area contributed by atoms with Crippen molar-refractivity contribution >= 4 is 11.6 Å². The molecule has 2 aromatic rings. The number of likely N-dealkylation sites (tertiary alicyclic amines) is 1. The van der Waals surface area contributed by atoms with Crippen LogP contribution in [0.1, 0.15) is 36.2 Å². The Balaban J connectivity index is 1.20. The van der Waals surface area contributed by atoms with Crippen LogP contribution in [0.15, 0.2) is 18.6 Å². The van der Waals surface area contributed by atoms with E-state index in [4.69, 9.17) is 4.74 Å². The van der Waals surface area contributed by atoms with Crippen LogP contribution in [0.25, 0.3) is 0 Å². The molecule has 0 spiro atoms. The summed E-state index contributed by atoms with van der Waals surface area (Å²) in [5.74, 6) is 0.210. The third-order valence-electron chi connectivity index (χ3n) is 5.81. The predicted molar refractivity (Wildman–Crippen MR) is 94.9 cm³/mol. The number of aromatic nitrogens is 4. The molecule has 8 heteroatoms. The predicted octanol–water partition coefficient (Wildman–Crippen LogP) is 0.914. The highest BCUT2D eigenvalue weighted by molar-refractivity contribution is 5.95. The maximum Gasteiger partial charge on any atom is 0.227 e. The molecule has 3 aliphatic rings. The van der Waals surface area contributed by atoms with Crippen molar-refractivity contribution in [3.8, 4) is 0 Å². The Labute approximate surface area is 152 Å². The van der Waals surface area contributed by atoms with Gasteiger partial charge in [0, 0.05) is 63.5 Å². The second kappa shape index (κ2) is 6.21. The van der Waals surface area contributed by atoms with Gasteiger partial charge in [-0.25, -0.2) is 0 Å². The van der Waals surface area contributed by atoms with Crippen molar-refractivity contribution in [3.63, 3.8) is 0 Å². The summed E-state index contributed by atoms with van der Waals surface area (Å²) in [6, 6.07) is 0.374. The van der Waals surface area contributed by atoms with Gasteiger partial charge in [-0.3, -0.25) is 19.1 Å². The third kappa shape index (κ3) is 2.64. The van der Waals surface area contributed by atoms with Crippen LogP contribution in [0.5, 0.6) is 0 Å². The number of ether oxygens (including phenoxy) is 1. The van der Waals surface area contributed by atoms with Gasteiger partial charge in [-0.05, 0) is 6.42 Å². The summed E-state index contributed by atoms with van der Waals surface area (Å²) < 4.78 is 9.96. The molecule has 0 bridgehead atoms. The minimum absolute atomic E-state index is 0.115. The smallest absolute Gasteiger partial charge is 0.227 e. The lowest BCUT2D eigenvalue weighted by Gasteiger charge is -2.41. The number of carbonyl (C=O) groups excluding carboxylic acids is 1.